The van der Waals surface area contributed by atoms with E-state index in [-0.39, 0.29) is 24.1 Å². The van der Waals surface area contributed by atoms with E-state index in [1.165, 1.54) is 23.1 Å². The highest BCUT2D eigenvalue weighted by atomic mass is 32.2. The lowest BCUT2D eigenvalue weighted by atomic mass is 10.3. The highest BCUT2D eigenvalue weighted by Crippen LogP contribution is 2.38. The van der Waals surface area contributed by atoms with E-state index in [0.29, 0.717) is 28.5 Å². The molecule has 10 heteroatoms. The number of anilines is 1. The van der Waals surface area contributed by atoms with E-state index in [4.69, 9.17) is 4.74 Å². The molecule has 0 aliphatic heterocycles. The number of nitrogens with one attached hydrogen (secondary N) is 2. The van der Waals surface area contributed by atoms with Gasteiger partial charge in [0.2, 0.25) is 11.1 Å². The first-order valence-electron chi connectivity index (χ1n) is 7.59. The van der Waals surface area contributed by atoms with E-state index in [9.17, 15) is 9.59 Å². The van der Waals surface area contributed by atoms with Gasteiger partial charge < -0.3 is 10.1 Å². The summed E-state index contributed by atoms with van der Waals surface area (Å²) in [7, 11) is 0. The molecule has 2 aromatic heterocycles. The number of nitrogens with zero attached hydrogens (tertiary/aromatic N) is 3. The molecule has 0 saturated heterocycles. The molecule has 1 aliphatic rings. The maximum atomic E-state index is 12.0. The molecule has 3 rings (SSSR count). The van der Waals surface area contributed by atoms with Crippen molar-refractivity contribution in [1.29, 1.82) is 0 Å². The van der Waals surface area contributed by atoms with Gasteiger partial charge in [0.1, 0.15) is 5.82 Å². The van der Waals surface area contributed by atoms with Crippen LogP contribution in [-0.4, -0.2) is 44.4 Å². The van der Waals surface area contributed by atoms with Crippen LogP contribution in [0.25, 0.3) is 0 Å². The third-order valence-corrected chi connectivity index (χ3v) is 4.86. The van der Waals surface area contributed by atoms with E-state index < -0.39 is 0 Å². The topological polar surface area (TPSA) is 110 Å². The first-order valence-corrected chi connectivity index (χ1v) is 9.45. The lowest BCUT2D eigenvalue weighted by Gasteiger charge is -2.00. The van der Waals surface area contributed by atoms with E-state index in [1.54, 1.807) is 12.3 Å². The molecular formula is C14H17N5O3S2. The van der Waals surface area contributed by atoms with Crippen molar-refractivity contribution in [1.82, 2.24) is 20.2 Å². The van der Waals surface area contributed by atoms with E-state index >= 15 is 0 Å². The summed E-state index contributed by atoms with van der Waals surface area (Å²) in [5, 5.41) is 12.5. The number of carbonyl (C=O) groups excluding carboxylic acids is 2. The van der Waals surface area contributed by atoms with Crippen molar-refractivity contribution in [3.8, 4) is 0 Å². The van der Waals surface area contributed by atoms with Gasteiger partial charge in [-0.15, -0.1) is 16.4 Å². The predicted molar refractivity (Wildman–Crippen MR) is 90.2 cm³/mol. The minimum atomic E-state index is -0.327. The molecule has 0 unspecified atom stereocenters. The number of hydrogen-bond acceptors (Lipinski definition) is 8. The molecule has 1 aliphatic carbocycles. The number of rotatable bonds is 8. The number of hydrogen-bond donors (Lipinski definition) is 2. The third-order valence-electron chi connectivity index (χ3n) is 3.21. The number of thioether (sulfide) groups is 1. The number of amides is 1. The number of esters is 1. The normalized spacial score (nSPS) is 13.7. The summed E-state index contributed by atoms with van der Waals surface area (Å²) in [6.45, 7) is 2.09. The Bertz CT molecular complexity index is 726. The highest BCUT2D eigenvalue weighted by molar-refractivity contribution is 7.99. The van der Waals surface area contributed by atoms with Gasteiger partial charge in [0.15, 0.2) is 5.13 Å². The summed E-state index contributed by atoms with van der Waals surface area (Å²) in [5.74, 6) is 1.10. The van der Waals surface area contributed by atoms with Gasteiger partial charge in [-0.25, -0.2) is 9.97 Å². The monoisotopic (exact) mass is 367 g/mol. The molecule has 8 nitrogen and oxygen atoms in total. The van der Waals surface area contributed by atoms with E-state index in [2.05, 4.69) is 25.5 Å². The molecule has 0 atom stereocenters. The van der Waals surface area contributed by atoms with Crippen LogP contribution in [0.1, 0.15) is 37.2 Å². The molecule has 2 N–H and O–H groups in total. The zero-order valence-electron chi connectivity index (χ0n) is 13.1. The predicted octanol–water partition coefficient (Wildman–Crippen LogP) is 1.97. The van der Waals surface area contributed by atoms with Gasteiger partial charge in [-0.05, 0) is 19.8 Å². The zero-order valence-corrected chi connectivity index (χ0v) is 14.7. The minimum absolute atomic E-state index is 0.107. The van der Waals surface area contributed by atoms with Gasteiger partial charge in [0, 0.05) is 11.3 Å². The Balaban J connectivity index is 1.44. The van der Waals surface area contributed by atoms with Gasteiger partial charge in [-0.3, -0.25) is 14.7 Å². The van der Waals surface area contributed by atoms with Crippen molar-refractivity contribution in [2.24, 2.45) is 0 Å². The fourth-order valence-electron chi connectivity index (χ4n) is 1.95. The maximum Gasteiger partial charge on any atom is 0.311 e. The molecule has 0 aromatic carbocycles. The summed E-state index contributed by atoms with van der Waals surface area (Å²) in [5.41, 5.74) is 0.587. The van der Waals surface area contributed by atoms with Crippen LogP contribution < -0.4 is 5.32 Å². The lowest BCUT2D eigenvalue weighted by molar-refractivity contribution is -0.142. The van der Waals surface area contributed by atoms with E-state index in [0.717, 1.165) is 18.7 Å². The van der Waals surface area contributed by atoms with Crippen LogP contribution in [0, 0.1) is 0 Å². The molecule has 24 heavy (non-hydrogen) atoms. The molecule has 1 fully saturated rings. The second-order valence-electron chi connectivity index (χ2n) is 5.24. The SMILES string of the molecule is CCOC(=O)Cc1csc(NC(=O)CSc2n[nH]c(C3CC3)n2)n1. The van der Waals surface area contributed by atoms with Crippen LogP contribution in [-0.2, 0) is 20.7 Å². The van der Waals surface area contributed by atoms with Crippen LogP contribution in [0.4, 0.5) is 5.13 Å². The molecule has 0 spiro atoms. The van der Waals surface area contributed by atoms with Gasteiger partial charge >= 0.3 is 5.97 Å². The van der Waals surface area contributed by atoms with Crippen molar-refractivity contribution in [2.75, 3.05) is 17.7 Å². The summed E-state index contributed by atoms with van der Waals surface area (Å²) in [6.07, 6.45) is 2.41. The van der Waals surface area contributed by atoms with E-state index in [1.807, 2.05) is 0 Å². The van der Waals surface area contributed by atoms with Crippen LogP contribution in [0.3, 0.4) is 0 Å². The van der Waals surface area contributed by atoms with Crippen molar-refractivity contribution in [3.05, 3.63) is 16.9 Å². The van der Waals surface area contributed by atoms with Crippen LogP contribution in [0.5, 0.6) is 0 Å². The summed E-state index contributed by atoms with van der Waals surface area (Å²) < 4.78 is 4.87. The zero-order chi connectivity index (χ0) is 16.9. The lowest BCUT2D eigenvalue weighted by Crippen LogP contribution is -2.14. The van der Waals surface area contributed by atoms with Crippen LogP contribution in [0.15, 0.2) is 10.5 Å². The number of carbonyl (C=O) groups is 2. The molecule has 0 radical (unpaired) electrons. The third kappa shape index (κ3) is 4.78. The molecular weight excluding hydrogens is 350 g/mol. The van der Waals surface area contributed by atoms with Gasteiger partial charge in [0.05, 0.1) is 24.5 Å². The van der Waals surface area contributed by atoms with Crippen LogP contribution in [0.2, 0.25) is 0 Å². The minimum Gasteiger partial charge on any atom is -0.466 e. The smallest absolute Gasteiger partial charge is 0.311 e. The Morgan fingerprint density at radius 3 is 3.04 bits per heavy atom. The van der Waals surface area contributed by atoms with Crippen LogP contribution >= 0.6 is 23.1 Å². The molecule has 2 aromatic rings. The average Bonchev–Trinajstić information content (AvgIpc) is 3.13. The van der Waals surface area contributed by atoms with Crippen molar-refractivity contribution in [3.63, 3.8) is 0 Å². The van der Waals surface area contributed by atoms with Gasteiger partial charge in [-0.1, -0.05) is 11.8 Å². The summed E-state index contributed by atoms with van der Waals surface area (Å²) in [4.78, 5) is 31.9. The first-order chi connectivity index (χ1) is 11.6. The number of H-pyrrole nitrogens is 1. The summed E-state index contributed by atoms with van der Waals surface area (Å²) in [6, 6.07) is 0. The Morgan fingerprint density at radius 1 is 1.46 bits per heavy atom. The number of thiazole rings is 1. The Morgan fingerprint density at radius 2 is 2.29 bits per heavy atom. The fourth-order valence-corrected chi connectivity index (χ4v) is 3.28. The molecule has 1 amide bonds. The largest absolute Gasteiger partial charge is 0.466 e. The maximum absolute atomic E-state index is 12.0. The standard InChI is InChI=1S/C14H17N5O3S2/c1-2-22-11(21)5-9-6-23-13(15-9)16-10(20)7-24-14-17-12(18-19-14)8-3-4-8/h6,8H,2-5,7H2,1H3,(H,15,16,20)(H,17,18,19). The quantitative estimate of drug-likeness (QED) is 0.542. The van der Waals surface area contributed by atoms with Crippen molar-refractivity contribution < 1.29 is 14.3 Å². The fraction of sp³-hybridized carbons (Fsp3) is 0.500. The first kappa shape index (κ1) is 16.9. The number of aromatic amines is 1. The Hall–Kier alpha value is -1.94. The Kier molecular flexibility index (Phi) is 5.46. The number of aromatic nitrogens is 4. The van der Waals surface area contributed by atoms with Crippen molar-refractivity contribution >= 4 is 40.1 Å². The molecule has 0 bridgehead atoms. The average molecular weight is 367 g/mol. The molecule has 128 valence electrons. The highest BCUT2D eigenvalue weighted by Gasteiger charge is 2.27. The second kappa shape index (κ2) is 7.75. The van der Waals surface area contributed by atoms with Crippen molar-refractivity contribution in [2.45, 2.75) is 37.3 Å². The second-order valence-corrected chi connectivity index (χ2v) is 7.04. The molecule has 1 saturated carbocycles. The van der Waals surface area contributed by atoms with Gasteiger partial charge in [0.25, 0.3) is 0 Å². The molecule has 2 heterocycles. The number of ether oxygens (including phenoxy) is 1. The summed E-state index contributed by atoms with van der Waals surface area (Å²) >= 11 is 2.55. The van der Waals surface area contributed by atoms with Gasteiger partial charge in [-0.2, -0.15) is 0 Å². The Labute approximate surface area is 146 Å².